The number of hydrogen-bond donors (Lipinski definition) is 6. The number of esters is 1. The van der Waals surface area contributed by atoms with Gasteiger partial charge in [-0.2, -0.15) is 0 Å². The van der Waals surface area contributed by atoms with Crippen molar-refractivity contribution in [2.75, 3.05) is 13.2 Å². The third-order valence-corrected chi connectivity index (χ3v) is 15.7. The number of carbonyl (C=O) groups is 2. The molecule has 0 saturated carbocycles. The number of aliphatic hydroxyl groups excluding tert-OH is 5. The van der Waals surface area contributed by atoms with Gasteiger partial charge in [-0.1, -0.05) is 291 Å². The molecular weight excluding hydrogens is 1060 g/mol. The molecule has 0 aromatic carbocycles. The van der Waals surface area contributed by atoms with Gasteiger partial charge in [-0.3, -0.25) is 9.59 Å². The lowest BCUT2D eigenvalue weighted by Crippen LogP contribution is -2.61. The Bertz CT molecular complexity index is 1800. The third kappa shape index (κ3) is 48.0. The number of ether oxygens (including phenoxy) is 3. The van der Waals surface area contributed by atoms with Crippen molar-refractivity contribution in [3.63, 3.8) is 0 Å². The number of carbonyl (C=O) groups excluding carboxylic acids is 2. The molecule has 488 valence electrons. The summed E-state index contributed by atoms with van der Waals surface area (Å²) in [7, 11) is 0. The van der Waals surface area contributed by atoms with E-state index in [0.717, 1.165) is 83.5 Å². The van der Waals surface area contributed by atoms with Crippen LogP contribution >= 0.6 is 0 Å². The molecule has 0 aromatic rings. The van der Waals surface area contributed by atoms with E-state index in [1.807, 2.05) is 18.2 Å². The summed E-state index contributed by atoms with van der Waals surface area (Å²) in [5, 5.41) is 57.1. The summed E-state index contributed by atoms with van der Waals surface area (Å²) in [5.74, 6) is -1.28. The summed E-state index contributed by atoms with van der Waals surface area (Å²) < 4.78 is 17.6. The first-order valence-electron chi connectivity index (χ1n) is 34.7. The van der Waals surface area contributed by atoms with E-state index in [2.05, 4.69) is 105 Å². The molecule has 0 radical (unpaired) electrons. The van der Waals surface area contributed by atoms with Crippen molar-refractivity contribution in [2.24, 2.45) is 0 Å². The molecule has 0 aliphatic carbocycles. The number of rotatable bonds is 58. The van der Waals surface area contributed by atoms with Gasteiger partial charge in [0.05, 0.1) is 25.4 Å². The molecule has 6 N–H and O–H groups in total. The molecule has 1 aliphatic heterocycles. The molecule has 1 heterocycles. The van der Waals surface area contributed by atoms with Gasteiger partial charge < -0.3 is 45.1 Å². The predicted octanol–water partition coefficient (Wildman–Crippen LogP) is 17.6. The lowest BCUT2D eigenvalue weighted by Gasteiger charge is -2.41. The van der Waals surface area contributed by atoms with Gasteiger partial charge in [-0.15, -0.1) is 0 Å². The molecule has 11 nitrogen and oxygen atoms in total. The predicted molar refractivity (Wildman–Crippen MR) is 356 cm³/mol. The van der Waals surface area contributed by atoms with Crippen LogP contribution in [0.1, 0.15) is 284 Å². The second-order valence-electron chi connectivity index (χ2n) is 23.5. The van der Waals surface area contributed by atoms with E-state index in [4.69, 9.17) is 14.2 Å². The van der Waals surface area contributed by atoms with Crippen LogP contribution in [0.15, 0.2) is 109 Å². The molecule has 1 rings (SSSR count). The maximum atomic E-state index is 13.4. The van der Waals surface area contributed by atoms with Crippen LogP contribution in [-0.2, 0) is 23.8 Å². The third-order valence-electron chi connectivity index (χ3n) is 15.7. The van der Waals surface area contributed by atoms with Gasteiger partial charge in [0.1, 0.15) is 24.4 Å². The van der Waals surface area contributed by atoms with Crippen LogP contribution in [0.3, 0.4) is 0 Å². The standard InChI is InChI=1S/C74H127NO10/c1-4-7-10-13-16-19-22-25-27-29-31-32-33-34-35-36-37-39-41-44-47-50-53-56-59-62-69(79)85-72-71(81)70(80)68(63-76)84-74(72)83-64-65(66(77)60-57-54-51-48-45-42-24-21-18-15-12-9-6-3)75-73(82)67(78)61-58-55-52-49-46-43-40-38-30-28-26-23-20-17-14-11-8-5-2/h8,11,16-17,19-20,25-28,38,40,46,49,55,57-58,60,65-68,70-72,74,76-78,80-81H,4-7,9-10,12-15,18,21-24,29-37,39,41-45,47-48,50-54,56,59,61-64H2,1-3H3,(H,75,82)/b11-8-,19-16-,20-17-,27-25-,28-26-,40-38-,49-46-,58-55-,60-57+. The van der Waals surface area contributed by atoms with Crippen LogP contribution in [0.25, 0.3) is 0 Å². The van der Waals surface area contributed by atoms with E-state index in [1.54, 1.807) is 12.2 Å². The van der Waals surface area contributed by atoms with Gasteiger partial charge in [0.25, 0.3) is 0 Å². The molecule has 1 amide bonds. The number of aliphatic hydroxyl groups is 5. The highest BCUT2D eigenvalue weighted by molar-refractivity contribution is 5.81. The van der Waals surface area contributed by atoms with Crippen LogP contribution in [0.5, 0.6) is 0 Å². The highest BCUT2D eigenvalue weighted by Crippen LogP contribution is 2.26. The highest BCUT2D eigenvalue weighted by atomic mass is 16.7. The van der Waals surface area contributed by atoms with Crippen molar-refractivity contribution >= 4 is 11.9 Å². The summed E-state index contributed by atoms with van der Waals surface area (Å²) in [6, 6.07) is -1.07. The molecule has 85 heavy (non-hydrogen) atoms. The average molecular weight is 1190 g/mol. The lowest BCUT2D eigenvalue weighted by molar-refractivity contribution is -0.305. The smallest absolute Gasteiger partial charge is 0.306 e. The number of hydrogen-bond acceptors (Lipinski definition) is 10. The zero-order valence-corrected chi connectivity index (χ0v) is 54.2. The molecule has 8 atom stereocenters. The fourth-order valence-corrected chi connectivity index (χ4v) is 10.2. The molecule has 1 fully saturated rings. The van der Waals surface area contributed by atoms with Crippen molar-refractivity contribution in [3.05, 3.63) is 109 Å². The Morgan fingerprint density at radius 3 is 1.29 bits per heavy atom. The zero-order chi connectivity index (χ0) is 61.7. The Balaban J connectivity index is 2.63. The Hall–Kier alpha value is -3.68. The summed E-state index contributed by atoms with van der Waals surface area (Å²) >= 11 is 0. The van der Waals surface area contributed by atoms with Crippen molar-refractivity contribution in [3.8, 4) is 0 Å². The molecule has 0 aromatic heterocycles. The molecule has 8 unspecified atom stereocenters. The number of unbranched alkanes of at least 4 members (excludes halogenated alkanes) is 29. The first kappa shape index (κ1) is 79.3. The summed E-state index contributed by atoms with van der Waals surface area (Å²) in [5.41, 5.74) is 0. The molecule has 1 saturated heterocycles. The molecule has 0 spiro atoms. The van der Waals surface area contributed by atoms with Gasteiger partial charge in [-0.25, -0.2) is 0 Å². The summed E-state index contributed by atoms with van der Waals surface area (Å²) in [6.45, 7) is 5.63. The first-order valence-corrected chi connectivity index (χ1v) is 34.7. The Kier molecular flexibility index (Phi) is 56.6. The van der Waals surface area contributed by atoms with E-state index in [9.17, 15) is 35.1 Å². The maximum absolute atomic E-state index is 13.4. The monoisotopic (exact) mass is 1190 g/mol. The highest BCUT2D eigenvalue weighted by Gasteiger charge is 2.47. The Labute approximate surface area is 519 Å². The van der Waals surface area contributed by atoms with E-state index in [0.29, 0.717) is 12.8 Å². The van der Waals surface area contributed by atoms with Gasteiger partial charge in [0.2, 0.25) is 5.91 Å². The first-order chi connectivity index (χ1) is 41.7. The van der Waals surface area contributed by atoms with Crippen molar-refractivity contribution in [1.82, 2.24) is 5.32 Å². The van der Waals surface area contributed by atoms with Crippen LogP contribution < -0.4 is 5.32 Å². The lowest BCUT2D eigenvalue weighted by atomic mass is 9.99. The topological polar surface area (TPSA) is 175 Å². The van der Waals surface area contributed by atoms with Crippen molar-refractivity contribution in [2.45, 2.75) is 333 Å². The number of amides is 1. The minimum absolute atomic E-state index is 0.0540. The Morgan fingerprint density at radius 2 is 0.847 bits per heavy atom. The molecule has 1 aliphatic rings. The largest absolute Gasteiger partial charge is 0.454 e. The maximum Gasteiger partial charge on any atom is 0.306 e. The normalized spacial score (nSPS) is 19.1. The zero-order valence-electron chi connectivity index (χ0n) is 54.2. The fraction of sp³-hybridized carbons (Fsp3) is 0.730. The minimum Gasteiger partial charge on any atom is -0.454 e. The van der Waals surface area contributed by atoms with E-state index < -0.39 is 67.4 Å². The molecule has 11 heteroatoms. The van der Waals surface area contributed by atoms with E-state index in [1.165, 1.54) is 154 Å². The number of nitrogens with one attached hydrogen (secondary N) is 1. The van der Waals surface area contributed by atoms with Crippen LogP contribution in [0.2, 0.25) is 0 Å². The molecule has 0 bridgehead atoms. The Morgan fingerprint density at radius 1 is 0.471 bits per heavy atom. The van der Waals surface area contributed by atoms with Crippen LogP contribution in [-0.4, -0.2) is 99.6 Å². The van der Waals surface area contributed by atoms with Crippen LogP contribution in [0.4, 0.5) is 0 Å². The summed E-state index contributed by atoms with van der Waals surface area (Å²) in [6.07, 6.45) is 72.9. The van der Waals surface area contributed by atoms with Crippen molar-refractivity contribution < 1.29 is 49.3 Å². The second kappa shape index (κ2) is 60.6. The van der Waals surface area contributed by atoms with Gasteiger partial charge in [0.15, 0.2) is 12.4 Å². The SMILES string of the molecule is CC/C=C\C/C=C\C/C=C\C/C=C\C/C=C\C/C=C\CC(O)C(=O)NC(COC1OC(CO)C(O)C(O)C1OC(=O)CCCCCCCCCCCCCCCCC/C=C\C/C=C\CCCCC)C(O)/C=C/CCCCCCCCCCCCC. The summed E-state index contributed by atoms with van der Waals surface area (Å²) in [4.78, 5) is 26.6. The van der Waals surface area contributed by atoms with Crippen molar-refractivity contribution in [1.29, 1.82) is 0 Å². The molecular formula is C74H127NO10. The quantitative estimate of drug-likeness (QED) is 0.0195. The fourth-order valence-electron chi connectivity index (χ4n) is 10.2. The van der Waals surface area contributed by atoms with Gasteiger partial charge in [-0.05, 0) is 89.9 Å². The minimum atomic E-state index is -1.63. The van der Waals surface area contributed by atoms with Gasteiger partial charge >= 0.3 is 5.97 Å². The number of allylic oxidation sites excluding steroid dienone is 16. The van der Waals surface area contributed by atoms with E-state index >= 15 is 0 Å². The van der Waals surface area contributed by atoms with E-state index in [-0.39, 0.29) is 19.4 Å². The average Bonchev–Trinajstić information content (AvgIpc) is 3.21. The van der Waals surface area contributed by atoms with Gasteiger partial charge in [0, 0.05) is 12.8 Å². The second-order valence-corrected chi connectivity index (χ2v) is 23.5. The van der Waals surface area contributed by atoms with Crippen LogP contribution in [0, 0.1) is 0 Å².